The molecule has 0 bridgehead atoms. The number of quaternary nitrogens is 2. The maximum atomic E-state index is 13.3. The van der Waals surface area contributed by atoms with E-state index in [1.165, 1.54) is 70.9 Å². The van der Waals surface area contributed by atoms with E-state index in [1.54, 1.807) is 0 Å². The number of likely N-dealkylation sites (N-methyl/N-ethyl adjacent to an activating group) is 1. The lowest BCUT2D eigenvalue weighted by atomic mass is 9.79. The topological polar surface area (TPSA) is 81.3 Å². The lowest BCUT2D eigenvalue weighted by Gasteiger charge is -2.40. The van der Waals surface area contributed by atoms with E-state index in [0.29, 0.717) is 36.1 Å². The van der Waals surface area contributed by atoms with Crippen LogP contribution >= 0.6 is 0 Å². The van der Waals surface area contributed by atoms with Crippen molar-refractivity contribution in [3.8, 4) is 0 Å². The van der Waals surface area contributed by atoms with Crippen LogP contribution in [-0.4, -0.2) is 104 Å². The first kappa shape index (κ1) is 26.8. The lowest BCUT2D eigenvalue weighted by Crippen LogP contribution is -2.95. The third kappa shape index (κ3) is 7.20. The van der Waals surface area contributed by atoms with E-state index < -0.39 is 0 Å². The van der Waals surface area contributed by atoms with Crippen molar-refractivity contribution in [3.05, 3.63) is 0 Å². The fourth-order valence-corrected chi connectivity index (χ4v) is 7.78. The van der Waals surface area contributed by atoms with Crippen LogP contribution in [0.2, 0.25) is 0 Å². The summed E-state index contributed by atoms with van der Waals surface area (Å²) in [5.41, 5.74) is 3.39. The Morgan fingerprint density at radius 2 is 1.78 bits per heavy atom. The Labute approximate surface area is 219 Å². The highest BCUT2D eigenvalue weighted by molar-refractivity contribution is 5.76. The molecule has 0 aromatic rings. The Balaban J connectivity index is 1.05. The first-order chi connectivity index (χ1) is 17.7. The molecular formula is C28H54N6O2+2. The van der Waals surface area contributed by atoms with Crippen molar-refractivity contribution in [2.45, 2.75) is 101 Å². The minimum atomic E-state index is 0.298. The van der Waals surface area contributed by atoms with Gasteiger partial charge in [-0.3, -0.25) is 14.5 Å². The Morgan fingerprint density at radius 3 is 2.56 bits per heavy atom. The fourth-order valence-electron chi connectivity index (χ4n) is 7.78. The second-order valence-electron chi connectivity index (χ2n) is 12.6. The Bertz CT molecular complexity index is 675. The van der Waals surface area contributed by atoms with Crippen molar-refractivity contribution in [1.29, 1.82) is 0 Å². The number of piperidine rings is 2. The van der Waals surface area contributed by atoms with Crippen LogP contribution in [-0.2, 0) is 9.63 Å². The van der Waals surface area contributed by atoms with Gasteiger partial charge in [0.05, 0.1) is 25.7 Å². The first-order valence-electron chi connectivity index (χ1n) is 15.4. The summed E-state index contributed by atoms with van der Waals surface area (Å²) in [7, 11) is 2.29. The average molecular weight is 507 g/mol. The molecule has 4 saturated heterocycles. The van der Waals surface area contributed by atoms with Crippen LogP contribution in [0.15, 0.2) is 0 Å². The standard InChI is InChI=1S/C28H52N6O2/c1-32(25-7-3-2-4-8-25)21-26-19-24(31-36-26)17-23-20-29-12-10-22(23)18-28(35)34-15-13-33(14-16-34)27-9-5-6-11-30-27/h22-27,29-31H,2-21H2,1H3/p+2/t22-,23+,24?,26?,27?/m0/s1. The van der Waals surface area contributed by atoms with Crippen LogP contribution in [0.3, 0.4) is 0 Å². The number of hydroxylamine groups is 1. The average Bonchev–Trinajstić information content (AvgIpc) is 3.37. The number of nitrogens with one attached hydrogen (secondary N) is 1. The number of nitrogens with zero attached hydrogens (tertiary/aromatic N) is 3. The van der Waals surface area contributed by atoms with Crippen LogP contribution in [0.1, 0.15) is 77.0 Å². The molecule has 36 heavy (non-hydrogen) atoms. The molecule has 8 heteroatoms. The van der Waals surface area contributed by atoms with Gasteiger partial charge in [-0.1, -0.05) is 19.3 Å². The van der Waals surface area contributed by atoms with Gasteiger partial charge in [-0.25, -0.2) is 0 Å². The molecule has 8 nitrogen and oxygen atoms in total. The fraction of sp³-hybridized carbons (Fsp3) is 0.964. The van der Waals surface area contributed by atoms with E-state index in [4.69, 9.17) is 4.84 Å². The van der Waals surface area contributed by atoms with Crippen molar-refractivity contribution in [3.63, 3.8) is 0 Å². The van der Waals surface area contributed by atoms with E-state index in [-0.39, 0.29) is 0 Å². The van der Waals surface area contributed by atoms with E-state index in [9.17, 15) is 4.79 Å². The number of hydrogen-bond acceptors (Lipinski definition) is 5. The van der Waals surface area contributed by atoms with Crippen molar-refractivity contribution >= 4 is 5.91 Å². The van der Waals surface area contributed by atoms with E-state index in [0.717, 1.165) is 64.6 Å². The van der Waals surface area contributed by atoms with E-state index >= 15 is 0 Å². The smallest absolute Gasteiger partial charge is 0.222 e. The van der Waals surface area contributed by atoms with Crippen molar-refractivity contribution < 1.29 is 20.3 Å². The van der Waals surface area contributed by atoms with Gasteiger partial charge in [-0.05, 0) is 51.5 Å². The molecule has 1 amide bonds. The van der Waals surface area contributed by atoms with Gasteiger partial charge in [0.15, 0.2) is 0 Å². The van der Waals surface area contributed by atoms with E-state index in [1.807, 2.05) is 0 Å². The second kappa shape index (κ2) is 13.3. The summed E-state index contributed by atoms with van der Waals surface area (Å²) in [4.78, 5) is 26.7. The van der Waals surface area contributed by atoms with Gasteiger partial charge in [0.25, 0.3) is 0 Å². The molecule has 1 aliphatic carbocycles. The lowest BCUT2D eigenvalue weighted by molar-refractivity contribution is -0.717. The molecule has 4 heterocycles. The quantitative estimate of drug-likeness (QED) is 0.436. The zero-order valence-electron chi connectivity index (χ0n) is 22.9. The van der Waals surface area contributed by atoms with E-state index in [2.05, 4.69) is 37.9 Å². The number of amides is 1. The minimum Gasteiger partial charge on any atom is -0.346 e. The number of piperazine rings is 1. The molecular weight excluding hydrogens is 452 g/mol. The molecule has 5 fully saturated rings. The molecule has 5 rings (SSSR count). The largest absolute Gasteiger partial charge is 0.346 e. The molecule has 0 spiro atoms. The molecule has 3 unspecified atom stereocenters. The van der Waals surface area contributed by atoms with Crippen molar-refractivity contribution in [2.75, 3.05) is 59.4 Å². The highest BCUT2D eigenvalue weighted by Crippen LogP contribution is 2.29. The van der Waals surface area contributed by atoms with Gasteiger partial charge < -0.3 is 20.4 Å². The van der Waals surface area contributed by atoms with Gasteiger partial charge in [-0.2, -0.15) is 5.48 Å². The Morgan fingerprint density at radius 1 is 0.972 bits per heavy atom. The summed E-state index contributed by atoms with van der Waals surface area (Å²) >= 11 is 0. The summed E-state index contributed by atoms with van der Waals surface area (Å²) in [6, 6.07) is 1.17. The number of rotatable bonds is 8. The normalized spacial score (nSPS) is 35.4. The molecule has 5 aliphatic rings. The minimum absolute atomic E-state index is 0.298. The Kier molecular flexibility index (Phi) is 9.94. The zero-order valence-corrected chi connectivity index (χ0v) is 22.9. The predicted molar refractivity (Wildman–Crippen MR) is 141 cm³/mol. The summed E-state index contributed by atoms with van der Waals surface area (Å²) in [5, 5.41) is 4.98. The second-order valence-corrected chi connectivity index (χ2v) is 12.6. The predicted octanol–water partition coefficient (Wildman–Crippen LogP) is 0.110. The van der Waals surface area contributed by atoms with Crippen LogP contribution in [0, 0.1) is 11.8 Å². The summed E-state index contributed by atoms with van der Waals surface area (Å²) < 4.78 is 0. The molecule has 0 aromatic heterocycles. The SMILES string of the molecule is CN(CC1CC(C[C@@H]2C[NH2+]CC[C@H]2CC(=O)N2CCN(C3CCCC[NH2+]3)CC2)NO1)C1CCCCC1. The first-order valence-corrected chi connectivity index (χ1v) is 15.4. The molecule has 1 saturated carbocycles. The van der Waals surface area contributed by atoms with Crippen molar-refractivity contribution in [2.24, 2.45) is 11.8 Å². The van der Waals surface area contributed by atoms with Crippen molar-refractivity contribution in [1.82, 2.24) is 20.2 Å². The van der Waals surface area contributed by atoms with Gasteiger partial charge in [-0.15, -0.1) is 0 Å². The summed E-state index contributed by atoms with van der Waals surface area (Å²) in [6.45, 7) is 8.57. The van der Waals surface area contributed by atoms with Gasteiger partial charge in [0, 0.05) is 70.0 Å². The third-order valence-electron chi connectivity index (χ3n) is 10.1. The number of carbonyl (C=O) groups excluding carboxylic acids is 1. The summed E-state index contributed by atoms with van der Waals surface area (Å²) in [5.74, 6) is 1.54. The number of nitrogens with two attached hydrogens (primary N) is 2. The maximum Gasteiger partial charge on any atom is 0.222 e. The third-order valence-corrected chi connectivity index (χ3v) is 10.1. The molecule has 4 aliphatic heterocycles. The van der Waals surface area contributed by atoms with Gasteiger partial charge >= 0.3 is 0 Å². The number of hydrogen-bond donors (Lipinski definition) is 3. The van der Waals surface area contributed by atoms with Gasteiger partial charge in [0.2, 0.25) is 5.91 Å². The molecule has 0 radical (unpaired) electrons. The van der Waals surface area contributed by atoms with Gasteiger partial charge in [0.1, 0.15) is 6.17 Å². The van der Waals surface area contributed by atoms with Crippen LogP contribution < -0.4 is 16.1 Å². The van der Waals surface area contributed by atoms with Crippen LogP contribution in [0.25, 0.3) is 0 Å². The highest BCUT2D eigenvalue weighted by Gasteiger charge is 2.37. The monoisotopic (exact) mass is 506 g/mol. The zero-order chi connectivity index (χ0) is 24.7. The molecule has 0 aromatic carbocycles. The maximum absolute atomic E-state index is 13.3. The Hall–Kier alpha value is -0.770. The molecule has 5 N–H and O–H groups in total. The van der Waals surface area contributed by atoms with Crippen LogP contribution in [0.5, 0.6) is 0 Å². The highest BCUT2D eigenvalue weighted by atomic mass is 16.7. The molecule has 5 atom stereocenters. The molecule has 206 valence electrons. The van der Waals surface area contributed by atoms with Crippen LogP contribution in [0.4, 0.5) is 0 Å². The summed E-state index contributed by atoms with van der Waals surface area (Å²) in [6.07, 6.45) is 16.0. The number of carbonyl (C=O) groups is 1.